The van der Waals surface area contributed by atoms with Crippen molar-refractivity contribution in [2.24, 2.45) is 7.05 Å². The molecular weight excluding hydrogens is 240 g/mol. The summed E-state index contributed by atoms with van der Waals surface area (Å²) in [7, 11) is 1.84. The van der Waals surface area contributed by atoms with Crippen molar-refractivity contribution in [1.82, 2.24) is 20.4 Å². The number of amides is 1. The van der Waals surface area contributed by atoms with E-state index in [0.29, 0.717) is 11.6 Å². The molecule has 0 bridgehead atoms. The van der Waals surface area contributed by atoms with E-state index in [2.05, 4.69) is 15.7 Å². The van der Waals surface area contributed by atoms with E-state index in [1.165, 1.54) is 0 Å². The summed E-state index contributed by atoms with van der Waals surface area (Å²) in [6.45, 7) is 6.52. The van der Waals surface area contributed by atoms with Crippen LogP contribution < -0.4 is 10.6 Å². The van der Waals surface area contributed by atoms with Gasteiger partial charge in [0, 0.05) is 19.6 Å². The lowest BCUT2D eigenvalue weighted by Crippen LogP contribution is -2.37. The fourth-order valence-corrected chi connectivity index (χ4v) is 1.77. The number of carbonyl (C=O) groups excluding carboxylic acids is 1. The summed E-state index contributed by atoms with van der Waals surface area (Å²) < 4.78 is 1.73. The lowest BCUT2D eigenvalue weighted by atomic mass is 10.3. The molecule has 0 spiro atoms. The number of rotatable bonds is 5. The van der Waals surface area contributed by atoms with E-state index in [-0.39, 0.29) is 18.5 Å². The van der Waals surface area contributed by atoms with E-state index in [0.717, 1.165) is 11.4 Å². The summed E-state index contributed by atoms with van der Waals surface area (Å²) in [6, 6.07) is 0.159. The van der Waals surface area contributed by atoms with Crippen LogP contribution in [0, 0.1) is 6.92 Å². The Labute approximate surface area is 107 Å². The molecule has 0 radical (unpaired) electrons. The summed E-state index contributed by atoms with van der Waals surface area (Å²) in [5.41, 5.74) is 1.69. The topological polar surface area (TPSA) is 59.0 Å². The number of halogens is 1. The van der Waals surface area contributed by atoms with Gasteiger partial charge in [0.1, 0.15) is 0 Å². The normalized spacial score (nSPS) is 10.9. The third kappa shape index (κ3) is 4.02. The number of nitrogens with zero attached hydrogens (tertiary/aromatic N) is 2. The van der Waals surface area contributed by atoms with Crippen molar-refractivity contribution in [3.8, 4) is 0 Å². The number of aryl methyl sites for hydroxylation is 2. The van der Waals surface area contributed by atoms with Crippen LogP contribution in [0.15, 0.2) is 0 Å². The first-order chi connectivity index (χ1) is 7.91. The van der Waals surface area contributed by atoms with E-state index in [9.17, 15) is 4.79 Å². The molecule has 2 N–H and O–H groups in total. The lowest BCUT2D eigenvalue weighted by Gasteiger charge is -2.09. The Bertz CT molecular complexity index is 400. The van der Waals surface area contributed by atoms with Gasteiger partial charge < -0.3 is 10.6 Å². The van der Waals surface area contributed by atoms with E-state index in [1.807, 2.05) is 27.8 Å². The first-order valence-electron chi connectivity index (χ1n) is 5.60. The Kier molecular flexibility index (Phi) is 4.96. The molecule has 0 fully saturated rings. The average molecular weight is 259 g/mol. The maximum atomic E-state index is 11.4. The number of aromatic nitrogens is 2. The van der Waals surface area contributed by atoms with Crippen LogP contribution in [0.5, 0.6) is 0 Å². The second kappa shape index (κ2) is 6.02. The van der Waals surface area contributed by atoms with Gasteiger partial charge in [0.2, 0.25) is 5.91 Å². The molecule has 5 nitrogen and oxygen atoms in total. The predicted molar refractivity (Wildman–Crippen MR) is 67.9 cm³/mol. The lowest BCUT2D eigenvalue weighted by molar-refractivity contribution is -0.120. The van der Waals surface area contributed by atoms with Crippen molar-refractivity contribution >= 4 is 17.5 Å². The minimum atomic E-state index is -0.0185. The largest absolute Gasteiger partial charge is 0.353 e. The van der Waals surface area contributed by atoms with E-state index in [1.54, 1.807) is 4.68 Å². The molecule has 0 aliphatic heterocycles. The summed E-state index contributed by atoms with van der Waals surface area (Å²) in [5.74, 6) is -0.0185. The number of carbonyl (C=O) groups is 1. The fourth-order valence-electron chi connectivity index (χ4n) is 1.54. The monoisotopic (exact) mass is 258 g/mol. The van der Waals surface area contributed by atoms with Gasteiger partial charge in [-0.3, -0.25) is 9.48 Å². The smallest absolute Gasteiger partial charge is 0.234 e. The Balaban J connectivity index is 2.43. The quantitative estimate of drug-likeness (QED) is 0.828. The van der Waals surface area contributed by atoms with Gasteiger partial charge in [0.25, 0.3) is 0 Å². The van der Waals surface area contributed by atoms with Crippen LogP contribution in [0.25, 0.3) is 0 Å². The van der Waals surface area contributed by atoms with Crippen molar-refractivity contribution in [2.45, 2.75) is 33.4 Å². The van der Waals surface area contributed by atoms with Crippen LogP contribution in [0.3, 0.4) is 0 Å². The minimum Gasteiger partial charge on any atom is -0.353 e. The van der Waals surface area contributed by atoms with Crippen LogP contribution in [0.2, 0.25) is 5.02 Å². The molecule has 1 amide bonds. The molecule has 0 aromatic carbocycles. The molecule has 0 atom stereocenters. The van der Waals surface area contributed by atoms with Crippen LogP contribution in [-0.4, -0.2) is 28.3 Å². The molecule has 0 saturated heterocycles. The van der Waals surface area contributed by atoms with Gasteiger partial charge in [-0.1, -0.05) is 11.6 Å². The zero-order chi connectivity index (χ0) is 13.0. The minimum absolute atomic E-state index is 0.0185. The highest BCUT2D eigenvalue weighted by Gasteiger charge is 2.11. The van der Waals surface area contributed by atoms with Gasteiger partial charge in [0.05, 0.1) is 23.0 Å². The maximum absolute atomic E-state index is 11.4. The first-order valence-corrected chi connectivity index (χ1v) is 5.97. The third-order valence-electron chi connectivity index (χ3n) is 2.29. The van der Waals surface area contributed by atoms with Crippen molar-refractivity contribution < 1.29 is 4.79 Å². The molecule has 0 unspecified atom stereocenters. The number of hydrogen-bond acceptors (Lipinski definition) is 3. The first kappa shape index (κ1) is 14.0. The second-order valence-electron chi connectivity index (χ2n) is 4.30. The van der Waals surface area contributed by atoms with E-state index >= 15 is 0 Å². The molecule has 0 aliphatic rings. The summed E-state index contributed by atoms with van der Waals surface area (Å²) in [5, 5.41) is 10.7. The highest BCUT2D eigenvalue weighted by Crippen LogP contribution is 2.18. The van der Waals surface area contributed by atoms with Crippen molar-refractivity contribution in [2.75, 3.05) is 6.54 Å². The molecule has 1 aromatic heterocycles. The van der Waals surface area contributed by atoms with E-state index in [4.69, 9.17) is 11.6 Å². The van der Waals surface area contributed by atoms with Gasteiger partial charge in [-0.15, -0.1) is 0 Å². The fraction of sp³-hybridized carbons (Fsp3) is 0.636. The van der Waals surface area contributed by atoms with Crippen LogP contribution in [-0.2, 0) is 18.4 Å². The zero-order valence-electron chi connectivity index (χ0n) is 10.7. The van der Waals surface area contributed by atoms with Gasteiger partial charge in [-0.25, -0.2) is 0 Å². The van der Waals surface area contributed by atoms with Crippen LogP contribution >= 0.6 is 11.6 Å². The molecule has 1 rings (SSSR count). The summed E-state index contributed by atoms with van der Waals surface area (Å²) >= 11 is 6.09. The van der Waals surface area contributed by atoms with E-state index < -0.39 is 0 Å². The molecular formula is C11H19ClN4O. The van der Waals surface area contributed by atoms with Gasteiger partial charge in [0.15, 0.2) is 0 Å². The Hall–Kier alpha value is -1.07. The van der Waals surface area contributed by atoms with Crippen molar-refractivity contribution in [3.63, 3.8) is 0 Å². The molecule has 96 valence electrons. The van der Waals surface area contributed by atoms with Gasteiger partial charge >= 0.3 is 0 Å². The third-order valence-corrected chi connectivity index (χ3v) is 2.78. The molecule has 1 heterocycles. The number of nitrogens with one attached hydrogen (secondary N) is 2. The van der Waals surface area contributed by atoms with Crippen molar-refractivity contribution in [3.05, 3.63) is 16.4 Å². The van der Waals surface area contributed by atoms with Crippen LogP contribution in [0.4, 0.5) is 0 Å². The standard InChI is InChI=1S/C11H19ClN4O/c1-7(2)14-10(17)6-13-5-9-11(12)8(3)15-16(9)4/h7,13H,5-6H2,1-4H3,(H,14,17). The molecule has 0 saturated carbocycles. The molecule has 1 aromatic rings. The highest BCUT2D eigenvalue weighted by atomic mass is 35.5. The van der Waals surface area contributed by atoms with Crippen LogP contribution in [0.1, 0.15) is 25.2 Å². The Morgan fingerprint density at radius 2 is 2.18 bits per heavy atom. The maximum Gasteiger partial charge on any atom is 0.234 e. The Morgan fingerprint density at radius 3 is 2.65 bits per heavy atom. The number of hydrogen-bond donors (Lipinski definition) is 2. The Morgan fingerprint density at radius 1 is 1.53 bits per heavy atom. The van der Waals surface area contributed by atoms with Crippen molar-refractivity contribution in [1.29, 1.82) is 0 Å². The molecule has 6 heteroatoms. The summed E-state index contributed by atoms with van der Waals surface area (Å²) in [4.78, 5) is 11.4. The zero-order valence-corrected chi connectivity index (χ0v) is 11.4. The van der Waals surface area contributed by atoms with Gasteiger partial charge in [-0.2, -0.15) is 5.10 Å². The van der Waals surface area contributed by atoms with Gasteiger partial charge in [-0.05, 0) is 20.8 Å². The second-order valence-corrected chi connectivity index (χ2v) is 4.67. The SMILES string of the molecule is Cc1nn(C)c(CNCC(=O)NC(C)C)c1Cl. The highest BCUT2D eigenvalue weighted by molar-refractivity contribution is 6.31. The molecule has 0 aliphatic carbocycles. The summed E-state index contributed by atoms with van der Waals surface area (Å²) in [6.07, 6.45) is 0. The molecule has 17 heavy (non-hydrogen) atoms. The predicted octanol–water partition coefficient (Wildman–Crippen LogP) is 0.996. The average Bonchev–Trinajstić information content (AvgIpc) is 2.43.